The summed E-state index contributed by atoms with van der Waals surface area (Å²) in [5, 5.41) is 8.92. The van der Waals surface area contributed by atoms with Crippen LogP contribution in [-0.4, -0.2) is 28.9 Å². The Morgan fingerprint density at radius 3 is 2.89 bits per heavy atom. The van der Waals surface area contributed by atoms with Gasteiger partial charge in [0.15, 0.2) is 0 Å². The van der Waals surface area contributed by atoms with Crippen molar-refractivity contribution in [2.75, 3.05) is 17.6 Å². The highest BCUT2D eigenvalue weighted by molar-refractivity contribution is 14.1. The molecule has 1 atom stereocenters. The van der Waals surface area contributed by atoms with Crippen molar-refractivity contribution in [1.29, 1.82) is 0 Å². The Hall–Kier alpha value is 0.390. The molecular weight excluding hydrogens is 231 g/mol. The van der Waals surface area contributed by atoms with Crippen molar-refractivity contribution in [1.82, 2.24) is 0 Å². The first-order valence-corrected chi connectivity index (χ1v) is 4.26. The third-order valence-electron chi connectivity index (χ3n) is 0.724. The van der Waals surface area contributed by atoms with Crippen LogP contribution in [-0.2, 0) is 4.74 Å². The number of hydrogen-bond donors (Lipinski definition) is 1. The Morgan fingerprint density at radius 2 is 2.44 bits per heavy atom. The number of aliphatic hydroxyl groups excluding tert-OH is 1. The largest absolute Gasteiger partial charge is 0.390 e. The first kappa shape index (κ1) is 9.39. The lowest BCUT2D eigenvalue weighted by Gasteiger charge is -2.04. The minimum absolute atomic E-state index is 0.328. The molecular formula is C6H11IO2. The minimum Gasteiger partial charge on any atom is -0.390 e. The van der Waals surface area contributed by atoms with Gasteiger partial charge in [0.1, 0.15) is 0 Å². The van der Waals surface area contributed by atoms with E-state index < -0.39 is 0 Å². The highest BCUT2D eigenvalue weighted by atomic mass is 127. The lowest BCUT2D eigenvalue weighted by molar-refractivity contribution is 0.0640. The molecule has 0 rings (SSSR count). The number of rotatable bonds is 5. The van der Waals surface area contributed by atoms with E-state index >= 15 is 0 Å². The topological polar surface area (TPSA) is 29.5 Å². The summed E-state index contributed by atoms with van der Waals surface area (Å²) in [5.74, 6) is 0. The van der Waals surface area contributed by atoms with Gasteiger partial charge in [0.2, 0.25) is 0 Å². The fourth-order valence-electron chi connectivity index (χ4n) is 0.332. The van der Waals surface area contributed by atoms with E-state index in [1.807, 2.05) is 0 Å². The summed E-state index contributed by atoms with van der Waals surface area (Å²) in [4.78, 5) is 0. The number of alkyl halides is 1. The molecule has 1 N–H and O–H groups in total. The second-order valence-corrected chi connectivity index (χ2v) is 2.52. The van der Waals surface area contributed by atoms with E-state index in [0.29, 0.717) is 13.2 Å². The Morgan fingerprint density at radius 1 is 1.78 bits per heavy atom. The van der Waals surface area contributed by atoms with E-state index in [2.05, 4.69) is 29.2 Å². The zero-order valence-corrected chi connectivity index (χ0v) is 7.37. The Kier molecular flexibility index (Phi) is 6.79. The highest BCUT2D eigenvalue weighted by Crippen LogP contribution is 1.91. The third kappa shape index (κ3) is 6.27. The van der Waals surface area contributed by atoms with E-state index in [1.165, 1.54) is 0 Å². The summed E-state index contributed by atoms with van der Waals surface area (Å²) in [6.07, 6.45) is 1.34. The van der Waals surface area contributed by atoms with Gasteiger partial charge in [-0.15, -0.1) is 6.58 Å². The van der Waals surface area contributed by atoms with Crippen molar-refractivity contribution >= 4 is 22.6 Å². The monoisotopic (exact) mass is 242 g/mol. The number of hydrogen-bond acceptors (Lipinski definition) is 2. The lowest BCUT2D eigenvalue weighted by atomic mass is 10.4. The van der Waals surface area contributed by atoms with Crippen LogP contribution in [0.15, 0.2) is 12.7 Å². The van der Waals surface area contributed by atoms with Crippen LogP contribution in [0, 0.1) is 0 Å². The molecule has 0 aliphatic carbocycles. The van der Waals surface area contributed by atoms with Crippen molar-refractivity contribution in [3.05, 3.63) is 12.7 Å². The van der Waals surface area contributed by atoms with Gasteiger partial charge in [-0.2, -0.15) is 0 Å². The van der Waals surface area contributed by atoms with Crippen LogP contribution in [0.25, 0.3) is 0 Å². The smallest absolute Gasteiger partial charge is 0.0862 e. The van der Waals surface area contributed by atoms with Crippen LogP contribution >= 0.6 is 22.6 Å². The fraction of sp³-hybridized carbons (Fsp3) is 0.667. The quantitative estimate of drug-likeness (QED) is 0.337. The second-order valence-electron chi connectivity index (χ2n) is 1.63. The summed E-state index contributed by atoms with van der Waals surface area (Å²) in [7, 11) is 0. The first-order valence-electron chi connectivity index (χ1n) is 2.74. The van der Waals surface area contributed by atoms with E-state index in [4.69, 9.17) is 9.84 Å². The van der Waals surface area contributed by atoms with Gasteiger partial charge in [-0.3, -0.25) is 0 Å². The molecule has 0 radical (unpaired) electrons. The predicted molar refractivity (Wildman–Crippen MR) is 45.9 cm³/mol. The normalized spacial score (nSPS) is 13.1. The van der Waals surface area contributed by atoms with Crippen LogP contribution in [0.2, 0.25) is 0 Å². The van der Waals surface area contributed by atoms with Gasteiger partial charge < -0.3 is 9.84 Å². The van der Waals surface area contributed by atoms with Gasteiger partial charge in [0, 0.05) is 4.43 Å². The van der Waals surface area contributed by atoms with Crippen LogP contribution in [0.3, 0.4) is 0 Å². The van der Waals surface area contributed by atoms with Crippen molar-refractivity contribution < 1.29 is 9.84 Å². The standard InChI is InChI=1S/C6H11IO2/c1-2-3-9-5-6(8)4-7/h2,6,8H,1,3-5H2. The molecule has 54 valence electrons. The first-order chi connectivity index (χ1) is 4.31. The number of aliphatic hydroxyl groups is 1. The summed E-state index contributed by atoms with van der Waals surface area (Å²) >= 11 is 2.11. The van der Waals surface area contributed by atoms with Gasteiger partial charge in [-0.1, -0.05) is 28.7 Å². The molecule has 0 heterocycles. The second kappa shape index (κ2) is 6.51. The summed E-state index contributed by atoms with van der Waals surface area (Å²) in [6, 6.07) is 0. The average Bonchev–Trinajstić information content (AvgIpc) is 1.89. The maximum Gasteiger partial charge on any atom is 0.0862 e. The SMILES string of the molecule is C=CCOCC(O)CI. The molecule has 0 spiro atoms. The van der Waals surface area contributed by atoms with E-state index in [9.17, 15) is 0 Å². The van der Waals surface area contributed by atoms with Crippen molar-refractivity contribution in [3.63, 3.8) is 0 Å². The molecule has 0 aromatic rings. The Bertz CT molecular complexity index is 75.5. The van der Waals surface area contributed by atoms with Crippen molar-refractivity contribution in [2.24, 2.45) is 0 Å². The zero-order valence-electron chi connectivity index (χ0n) is 5.22. The van der Waals surface area contributed by atoms with Gasteiger partial charge in [0.05, 0.1) is 19.3 Å². The fourth-order valence-corrected chi connectivity index (χ4v) is 0.586. The molecule has 1 unspecified atom stereocenters. The highest BCUT2D eigenvalue weighted by Gasteiger charge is 1.98. The van der Waals surface area contributed by atoms with Gasteiger partial charge in [0.25, 0.3) is 0 Å². The molecule has 0 fully saturated rings. The molecule has 0 saturated heterocycles. The molecule has 9 heavy (non-hydrogen) atoms. The maximum atomic E-state index is 8.92. The molecule has 0 saturated carbocycles. The van der Waals surface area contributed by atoms with Crippen LogP contribution in [0.4, 0.5) is 0 Å². The minimum atomic E-state index is -0.328. The van der Waals surface area contributed by atoms with Crippen molar-refractivity contribution in [2.45, 2.75) is 6.10 Å². The van der Waals surface area contributed by atoms with Gasteiger partial charge in [-0.25, -0.2) is 0 Å². The van der Waals surface area contributed by atoms with Crippen LogP contribution in [0.1, 0.15) is 0 Å². The summed E-state index contributed by atoms with van der Waals surface area (Å²) in [6.45, 7) is 4.41. The molecule has 0 bridgehead atoms. The predicted octanol–water partition coefficient (Wildman–Crippen LogP) is 0.985. The number of halogens is 1. The van der Waals surface area contributed by atoms with Crippen molar-refractivity contribution in [3.8, 4) is 0 Å². The molecule has 3 heteroatoms. The molecule has 0 amide bonds. The van der Waals surface area contributed by atoms with Gasteiger partial charge in [-0.05, 0) is 0 Å². The lowest BCUT2D eigenvalue weighted by Crippen LogP contribution is -2.16. The molecule has 2 nitrogen and oxygen atoms in total. The van der Waals surface area contributed by atoms with Gasteiger partial charge >= 0.3 is 0 Å². The van der Waals surface area contributed by atoms with Crippen LogP contribution in [0.5, 0.6) is 0 Å². The molecule has 0 aliphatic rings. The third-order valence-corrected chi connectivity index (χ3v) is 1.74. The summed E-state index contributed by atoms with van der Waals surface area (Å²) < 4.78 is 5.68. The average molecular weight is 242 g/mol. The van der Waals surface area contributed by atoms with Crippen LogP contribution < -0.4 is 0 Å². The van der Waals surface area contributed by atoms with E-state index in [1.54, 1.807) is 6.08 Å². The Labute approximate surface area is 69.0 Å². The molecule has 0 aromatic heterocycles. The number of ether oxygens (including phenoxy) is 1. The summed E-state index contributed by atoms with van der Waals surface area (Å²) in [5.41, 5.74) is 0. The zero-order chi connectivity index (χ0) is 7.11. The van der Waals surface area contributed by atoms with E-state index in [-0.39, 0.29) is 6.10 Å². The van der Waals surface area contributed by atoms with E-state index in [0.717, 1.165) is 4.43 Å². The molecule has 0 aliphatic heterocycles. The molecule has 0 aromatic carbocycles. The maximum absolute atomic E-state index is 8.92. The Balaban J connectivity index is 2.96.